The van der Waals surface area contributed by atoms with Crippen molar-refractivity contribution in [3.63, 3.8) is 0 Å². The molecule has 3 aromatic rings. The molecule has 8 heteroatoms. The molecule has 0 aliphatic carbocycles. The van der Waals surface area contributed by atoms with E-state index >= 15 is 0 Å². The van der Waals surface area contributed by atoms with Crippen LogP contribution in [0.3, 0.4) is 0 Å². The minimum atomic E-state index is -0.961. The second kappa shape index (κ2) is 9.99. The van der Waals surface area contributed by atoms with Gasteiger partial charge in [0, 0.05) is 35.9 Å². The van der Waals surface area contributed by atoms with E-state index in [-0.39, 0.29) is 24.8 Å². The second-order valence-corrected chi connectivity index (χ2v) is 8.91. The van der Waals surface area contributed by atoms with Crippen LogP contribution in [-0.4, -0.2) is 44.4 Å². The van der Waals surface area contributed by atoms with Crippen LogP contribution < -0.4 is 4.90 Å². The van der Waals surface area contributed by atoms with Gasteiger partial charge < -0.3 is 19.9 Å². The summed E-state index contributed by atoms with van der Waals surface area (Å²) in [6.45, 7) is 1.70. The molecule has 32 heavy (non-hydrogen) atoms. The maximum absolute atomic E-state index is 13.2. The number of imidazole rings is 1. The molecule has 0 spiro atoms. The van der Waals surface area contributed by atoms with Crippen molar-refractivity contribution in [3.8, 4) is 0 Å². The first-order valence-electron chi connectivity index (χ1n) is 10.6. The van der Waals surface area contributed by atoms with Crippen LogP contribution in [0.15, 0.2) is 65.5 Å². The number of hydrogen-bond donors (Lipinski definition) is 2. The van der Waals surface area contributed by atoms with Gasteiger partial charge in [0.15, 0.2) is 0 Å². The minimum absolute atomic E-state index is 0.00942. The van der Waals surface area contributed by atoms with Gasteiger partial charge in [-0.05, 0) is 35.7 Å². The van der Waals surface area contributed by atoms with Crippen molar-refractivity contribution in [3.05, 3.63) is 82.3 Å². The van der Waals surface area contributed by atoms with Gasteiger partial charge in [0.25, 0.3) is 0 Å². The molecular formula is C24H25BrN4O3. The van der Waals surface area contributed by atoms with Gasteiger partial charge in [-0.15, -0.1) is 0 Å². The van der Waals surface area contributed by atoms with Gasteiger partial charge in [-0.3, -0.25) is 9.59 Å². The van der Waals surface area contributed by atoms with E-state index in [0.29, 0.717) is 26.1 Å². The SMILES string of the molecule is O=C(O)CCC(=O)N1Cc2cc(Br)ccc2N(Cc2cnc[nH]2)CC1Cc1ccccc1. The summed E-state index contributed by atoms with van der Waals surface area (Å²) in [5, 5.41) is 9.10. The van der Waals surface area contributed by atoms with E-state index in [4.69, 9.17) is 5.11 Å². The third-order valence-electron chi connectivity index (χ3n) is 5.70. The molecule has 1 atom stereocenters. The number of aromatic amines is 1. The average Bonchev–Trinajstić information content (AvgIpc) is 3.24. The quantitative estimate of drug-likeness (QED) is 0.515. The van der Waals surface area contributed by atoms with Crippen LogP contribution in [0.5, 0.6) is 0 Å². The van der Waals surface area contributed by atoms with Crippen molar-refractivity contribution >= 4 is 33.5 Å². The minimum Gasteiger partial charge on any atom is -0.481 e. The van der Waals surface area contributed by atoms with Gasteiger partial charge in [-0.2, -0.15) is 0 Å². The lowest BCUT2D eigenvalue weighted by Gasteiger charge is -2.33. The molecule has 1 aliphatic rings. The monoisotopic (exact) mass is 496 g/mol. The Labute approximate surface area is 195 Å². The fraction of sp³-hybridized carbons (Fsp3) is 0.292. The molecule has 7 nitrogen and oxygen atoms in total. The molecule has 4 rings (SSSR count). The third kappa shape index (κ3) is 5.37. The number of carbonyl (C=O) groups is 2. The van der Waals surface area contributed by atoms with Crippen molar-refractivity contribution in [1.29, 1.82) is 0 Å². The van der Waals surface area contributed by atoms with Gasteiger partial charge >= 0.3 is 5.97 Å². The Kier molecular flexibility index (Phi) is 6.90. The number of H-pyrrole nitrogens is 1. The Balaban J connectivity index is 1.70. The highest BCUT2D eigenvalue weighted by molar-refractivity contribution is 9.10. The topological polar surface area (TPSA) is 89.5 Å². The number of hydrogen-bond acceptors (Lipinski definition) is 4. The highest BCUT2D eigenvalue weighted by Crippen LogP contribution is 2.32. The molecule has 1 aromatic heterocycles. The number of nitrogens with zero attached hydrogens (tertiary/aromatic N) is 3. The number of amides is 1. The van der Waals surface area contributed by atoms with Crippen molar-refractivity contribution < 1.29 is 14.7 Å². The first-order valence-corrected chi connectivity index (χ1v) is 11.3. The second-order valence-electron chi connectivity index (χ2n) is 7.99. The number of carboxylic acid groups (broad SMARTS) is 1. The Hall–Kier alpha value is -3.13. The summed E-state index contributed by atoms with van der Waals surface area (Å²) in [5.74, 6) is -1.10. The molecule has 0 radical (unpaired) electrons. The molecule has 1 unspecified atom stereocenters. The summed E-state index contributed by atoms with van der Waals surface area (Å²) in [6, 6.07) is 16.1. The molecule has 0 bridgehead atoms. The van der Waals surface area contributed by atoms with Crippen LogP contribution in [0.1, 0.15) is 29.7 Å². The largest absolute Gasteiger partial charge is 0.481 e. The lowest BCUT2D eigenvalue weighted by molar-refractivity contribution is -0.141. The van der Waals surface area contributed by atoms with Crippen molar-refractivity contribution in [2.45, 2.75) is 38.4 Å². The molecule has 0 saturated heterocycles. The summed E-state index contributed by atoms with van der Waals surface area (Å²) in [6.07, 6.45) is 3.99. The standard InChI is InChI=1S/C24H25BrN4O3/c25-19-6-7-22-18(11-19)13-29(23(30)8-9-24(31)32)21(10-17-4-2-1-3-5-17)15-28(22)14-20-12-26-16-27-20/h1-7,11-12,16,21H,8-10,13-15H2,(H,26,27)(H,31,32). The highest BCUT2D eigenvalue weighted by Gasteiger charge is 2.31. The zero-order chi connectivity index (χ0) is 22.5. The average molecular weight is 497 g/mol. The predicted octanol–water partition coefficient (Wildman–Crippen LogP) is 4.00. The molecule has 1 amide bonds. The summed E-state index contributed by atoms with van der Waals surface area (Å²) in [5.41, 5.74) is 4.22. The van der Waals surface area contributed by atoms with Crippen LogP contribution in [0.4, 0.5) is 5.69 Å². The van der Waals surface area contributed by atoms with Crippen molar-refractivity contribution in [1.82, 2.24) is 14.9 Å². The fourth-order valence-electron chi connectivity index (χ4n) is 4.19. The number of fused-ring (bicyclic) bond motifs is 1. The number of rotatable bonds is 7. The Morgan fingerprint density at radius 1 is 1.16 bits per heavy atom. The summed E-state index contributed by atoms with van der Waals surface area (Å²) < 4.78 is 0.942. The molecule has 0 saturated carbocycles. The first kappa shape index (κ1) is 22.1. The molecule has 2 heterocycles. The molecule has 2 N–H and O–H groups in total. The van der Waals surface area contributed by atoms with E-state index < -0.39 is 5.97 Å². The Bertz CT molecular complexity index is 1070. The molecule has 0 fully saturated rings. The number of carbonyl (C=O) groups excluding carboxylic acids is 1. The van der Waals surface area contributed by atoms with Gasteiger partial charge in [0.1, 0.15) is 0 Å². The lowest BCUT2D eigenvalue weighted by atomic mass is 10.0. The molecule has 166 valence electrons. The lowest BCUT2D eigenvalue weighted by Crippen LogP contribution is -2.45. The molecule has 2 aromatic carbocycles. The number of anilines is 1. The summed E-state index contributed by atoms with van der Waals surface area (Å²) >= 11 is 3.56. The van der Waals surface area contributed by atoms with Crippen LogP contribution >= 0.6 is 15.9 Å². The molecule has 1 aliphatic heterocycles. The van der Waals surface area contributed by atoms with Gasteiger partial charge in [0.2, 0.25) is 5.91 Å². The first-order chi connectivity index (χ1) is 15.5. The molecular weight excluding hydrogens is 472 g/mol. The van der Waals surface area contributed by atoms with E-state index in [1.807, 2.05) is 41.4 Å². The van der Waals surface area contributed by atoms with E-state index in [1.165, 1.54) is 0 Å². The van der Waals surface area contributed by atoms with Crippen LogP contribution in [0, 0.1) is 0 Å². The highest BCUT2D eigenvalue weighted by atomic mass is 79.9. The van der Waals surface area contributed by atoms with Gasteiger partial charge in [0.05, 0.1) is 31.0 Å². The zero-order valence-electron chi connectivity index (χ0n) is 17.6. The smallest absolute Gasteiger partial charge is 0.303 e. The van der Waals surface area contributed by atoms with Crippen LogP contribution in [-0.2, 0) is 29.1 Å². The number of carboxylic acids is 1. The number of aliphatic carboxylic acids is 1. The predicted molar refractivity (Wildman–Crippen MR) is 125 cm³/mol. The number of aromatic nitrogens is 2. The van der Waals surface area contributed by atoms with Gasteiger partial charge in [-0.1, -0.05) is 46.3 Å². The Morgan fingerprint density at radius 3 is 2.69 bits per heavy atom. The van der Waals surface area contributed by atoms with Crippen molar-refractivity contribution in [2.75, 3.05) is 11.4 Å². The van der Waals surface area contributed by atoms with Crippen molar-refractivity contribution in [2.24, 2.45) is 0 Å². The zero-order valence-corrected chi connectivity index (χ0v) is 19.2. The fourth-order valence-corrected chi connectivity index (χ4v) is 4.60. The van der Waals surface area contributed by atoms with Crippen LogP contribution in [0.25, 0.3) is 0 Å². The van der Waals surface area contributed by atoms with E-state index in [0.717, 1.165) is 27.0 Å². The van der Waals surface area contributed by atoms with E-state index in [2.05, 4.69) is 49.0 Å². The van der Waals surface area contributed by atoms with E-state index in [9.17, 15) is 9.59 Å². The Morgan fingerprint density at radius 2 is 1.97 bits per heavy atom. The van der Waals surface area contributed by atoms with Crippen LogP contribution in [0.2, 0.25) is 0 Å². The number of halogens is 1. The maximum Gasteiger partial charge on any atom is 0.303 e. The summed E-state index contributed by atoms with van der Waals surface area (Å²) in [4.78, 5) is 35.7. The van der Waals surface area contributed by atoms with E-state index in [1.54, 1.807) is 6.33 Å². The maximum atomic E-state index is 13.2. The normalized spacial score (nSPS) is 15.8. The number of benzene rings is 2. The number of nitrogens with one attached hydrogen (secondary N) is 1. The summed E-state index contributed by atoms with van der Waals surface area (Å²) in [7, 11) is 0. The van der Waals surface area contributed by atoms with Gasteiger partial charge in [-0.25, -0.2) is 4.98 Å². The third-order valence-corrected chi connectivity index (χ3v) is 6.19.